The Labute approximate surface area is 99.4 Å². The smallest absolute Gasteiger partial charge is 0.190 e. The van der Waals surface area contributed by atoms with E-state index in [0.29, 0.717) is 12.2 Å². The maximum atomic E-state index is 13.3. The molecule has 0 amide bonds. The minimum Gasteiger partial charge on any atom is -0.491 e. The van der Waals surface area contributed by atoms with E-state index in [4.69, 9.17) is 5.11 Å². The van der Waals surface area contributed by atoms with Gasteiger partial charge in [-0.15, -0.1) is 0 Å². The van der Waals surface area contributed by atoms with Crippen LogP contribution in [0.1, 0.15) is 19.3 Å². The second-order valence-electron chi connectivity index (χ2n) is 3.68. The molecule has 5 heteroatoms. The van der Waals surface area contributed by atoms with Gasteiger partial charge >= 0.3 is 0 Å². The van der Waals surface area contributed by atoms with Crippen molar-refractivity contribution in [1.82, 2.24) is 0 Å². The molecule has 0 fully saturated rings. The minimum atomic E-state index is -0.717. The lowest BCUT2D eigenvalue weighted by Gasteiger charge is -2.09. The number of ether oxygens (including phenoxy) is 1. The molecule has 0 saturated carbocycles. The molecule has 0 aliphatic heterocycles. The Morgan fingerprint density at radius 3 is 2.35 bits per heavy atom. The molecular formula is C12H17F2NO2. The van der Waals surface area contributed by atoms with Gasteiger partial charge in [0.1, 0.15) is 0 Å². The molecule has 0 radical (unpaired) electrons. The van der Waals surface area contributed by atoms with Crippen molar-refractivity contribution >= 4 is 5.69 Å². The van der Waals surface area contributed by atoms with Crippen LogP contribution < -0.4 is 10.1 Å². The Kier molecular flexibility index (Phi) is 5.69. The second kappa shape index (κ2) is 7.06. The molecule has 17 heavy (non-hydrogen) atoms. The first-order chi connectivity index (χ1) is 8.19. The third-order valence-corrected chi connectivity index (χ3v) is 2.37. The van der Waals surface area contributed by atoms with Gasteiger partial charge in [0.15, 0.2) is 17.4 Å². The summed E-state index contributed by atoms with van der Waals surface area (Å²) in [4.78, 5) is 0. The van der Waals surface area contributed by atoms with Crippen LogP contribution >= 0.6 is 0 Å². The molecule has 1 aromatic rings. The Bertz CT molecular complexity index is 335. The molecule has 0 unspecified atom stereocenters. The number of unbranched alkanes of at least 4 members (excludes halogenated alkanes) is 2. The van der Waals surface area contributed by atoms with Crippen LogP contribution in [0.3, 0.4) is 0 Å². The summed E-state index contributed by atoms with van der Waals surface area (Å²) >= 11 is 0. The molecule has 0 aromatic heterocycles. The summed E-state index contributed by atoms with van der Waals surface area (Å²) in [5, 5.41) is 11.5. The van der Waals surface area contributed by atoms with E-state index >= 15 is 0 Å². The predicted octanol–water partition coefficient (Wildman–Crippen LogP) is 2.55. The molecule has 0 spiro atoms. The molecule has 0 aliphatic carbocycles. The van der Waals surface area contributed by atoms with E-state index in [1.54, 1.807) is 0 Å². The first-order valence-electron chi connectivity index (χ1n) is 5.56. The number of aliphatic hydroxyl groups excluding tert-OH is 1. The highest BCUT2D eigenvalue weighted by molar-refractivity contribution is 5.48. The van der Waals surface area contributed by atoms with E-state index in [1.165, 1.54) is 19.2 Å². The highest BCUT2D eigenvalue weighted by Crippen LogP contribution is 2.25. The highest BCUT2D eigenvalue weighted by atomic mass is 19.1. The summed E-state index contributed by atoms with van der Waals surface area (Å²) in [6.07, 6.45) is 2.47. The Morgan fingerprint density at radius 2 is 1.82 bits per heavy atom. The topological polar surface area (TPSA) is 41.5 Å². The van der Waals surface area contributed by atoms with Crippen LogP contribution in [0, 0.1) is 11.6 Å². The summed E-state index contributed by atoms with van der Waals surface area (Å²) in [5.74, 6) is -1.80. The van der Waals surface area contributed by atoms with Crippen LogP contribution in [0.25, 0.3) is 0 Å². The lowest BCUT2D eigenvalue weighted by atomic mass is 10.2. The molecule has 0 atom stereocenters. The van der Waals surface area contributed by atoms with E-state index in [-0.39, 0.29) is 12.4 Å². The van der Waals surface area contributed by atoms with Gasteiger partial charge in [0.05, 0.1) is 7.11 Å². The molecule has 0 saturated heterocycles. The van der Waals surface area contributed by atoms with E-state index in [9.17, 15) is 8.78 Å². The molecular weight excluding hydrogens is 228 g/mol. The molecule has 96 valence electrons. The molecule has 2 N–H and O–H groups in total. The average Bonchev–Trinajstić information content (AvgIpc) is 2.28. The van der Waals surface area contributed by atoms with Crippen LogP contribution in [0.4, 0.5) is 14.5 Å². The first kappa shape index (κ1) is 13.7. The summed E-state index contributed by atoms with van der Waals surface area (Å²) in [5.41, 5.74) is 0.393. The van der Waals surface area contributed by atoms with Crippen molar-refractivity contribution in [3.63, 3.8) is 0 Å². The van der Waals surface area contributed by atoms with E-state index in [0.717, 1.165) is 19.3 Å². The standard InChI is InChI=1S/C12H17F2NO2/c1-17-12-10(13)7-9(8-11(12)14)15-5-3-2-4-6-16/h7-8,15-16H,2-6H2,1H3. The quantitative estimate of drug-likeness (QED) is 0.725. The van der Waals surface area contributed by atoms with Gasteiger partial charge in [-0.2, -0.15) is 0 Å². The maximum Gasteiger partial charge on any atom is 0.190 e. The van der Waals surface area contributed by atoms with Crippen LogP contribution in [-0.2, 0) is 0 Å². The summed E-state index contributed by atoms with van der Waals surface area (Å²) in [6.45, 7) is 0.789. The van der Waals surface area contributed by atoms with Crippen molar-refractivity contribution in [3.05, 3.63) is 23.8 Å². The third-order valence-electron chi connectivity index (χ3n) is 2.37. The predicted molar refractivity (Wildman–Crippen MR) is 62.3 cm³/mol. The monoisotopic (exact) mass is 245 g/mol. The van der Waals surface area contributed by atoms with Gasteiger partial charge < -0.3 is 15.2 Å². The van der Waals surface area contributed by atoms with Crippen molar-refractivity contribution < 1.29 is 18.6 Å². The van der Waals surface area contributed by atoms with Crippen molar-refractivity contribution in [3.8, 4) is 5.75 Å². The lowest BCUT2D eigenvalue weighted by Crippen LogP contribution is -2.03. The van der Waals surface area contributed by atoms with Crippen LogP contribution in [-0.4, -0.2) is 25.4 Å². The minimum absolute atomic E-state index is 0.172. The third kappa shape index (κ3) is 4.19. The van der Waals surface area contributed by atoms with Gasteiger partial charge in [0.2, 0.25) is 0 Å². The fourth-order valence-corrected chi connectivity index (χ4v) is 1.50. The number of rotatable bonds is 7. The zero-order valence-corrected chi connectivity index (χ0v) is 9.80. The molecule has 0 aliphatic rings. The zero-order chi connectivity index (χ0) is 12.7. The van der Waals surface area contributed by atoms with Crippen molar-refractivity contribution in [1.29, 1.82) is 0 Å². The van der Waals surface area contributed by atoms with E-state index in [2.05, 4.69) is 10.1 Å². The number of hydrogen-bond donors (Lipinski definition) is 2. The summed E-state index contributed by atoms with van der Waals surface area (Å²) in [6, 6.07) is 2.40. The van der Waals surface area contributed by atoms with Gasteiger partial charge in [0, 0.05) is 31.0 Å². The molecule has 0 heterocycles. The summed E-state index contributed by atoms with van der Waals surface area (Å²) < 4.78 is 31.2. The number of aliphatic hydroxyl groups is 1. The lowest BCUT2D eigenvalue weighted by molar-refractivity contribution is 0.283. The van der Waals surface area contributed by atoms with Gasteiger partial charge in [-0.05, 0) is 19.3 Å². The fraction of sp³-hybridized carbons (Fsp3) is 0.500. The number of methoxy groups -OCH3 is 1. The second-order valence-corrected chi connectivity index (χ2v) is 3.68. The molecule has 0 bridgehead atoms. The molecule has 1 aromatic carbocycles. The van der Waals surface area contributed by atoms with Crippen LogP contribution in [0.15, 0.2) is 12.1 Å². The summed E-state index contributed by atoms with van der Waals surface area (Å²) in [7, 11) is 1.23. The Hall–Kier alpha value is -1.36. The molecule has 3 nitrogen and oxygen atoms in total. The van der Waals surface area contributed by atoms with Crippen molar-refractivity contribution in [2.75, 3.05) is 25.6 Å². The van der Waals surface area contributed by atoms with Gasteiger partial charge in [-0.1, -0.05) is 0 Å². The van der Waals surface area contributed by atoms with Crippen LogP contribution in [0.2, 0.25) is 0 Å². The van der Waals surface area contributed by atoms with E-state index < -0.39 is 11.6 Å². The SMILES string of the molecule is COc1c(F)cc(NCCCCCO)cc1F. The van der Waals surface area contributed by atoms with Crippen molar-refractivity contribution in [2.45, 2.75) is 19.3 Å². The average molecular weight is 245 g/mol. The van der Waals surface area contributed by atoms with Crippen LogP contribution in [0.5, 0.6) is 5.75 Å². The Morgan fingerprint density at radius 1 is 1.18 bits per heavy atom. The first-order valence-corrected chi connectivity index (χ1v) is 5.56. The number of halogens is 2. The number of benzene rings is 1. The number of nitrogens with one attached hydrogen (secondary N) is 1. The highest BCUT2D eigenvalue weighted by Gasteiger charge is 2.10. The normalized spacial score (nSPS) is 10.4. The molecule has 1 rings (SSSR count). The fourth-order valence-electron chi connectivity index (χ4n) is 1.50. The zero-order valence-electron chi connectivity index (χ0n) is 9.80. The van der Waals surface area contributed by atoms with Gasteiger partial charge in [-0.25, -0.2) is 8.78 Å². The Balaban J connectivity index is 2.49. The van der Waals surface area contributed by atoms with Crippen molar-refractivity contribution in [2.24, 2.45) is 0 Å². The van der Waals surface area contributed by atoms with Gasteiger partial charge in [0.25, 0.3) is 0 Å². The number of anilines is 1. The number of hydrogen-bond acceptors (Lipinski definition) is 3. The van der Waals surface area contributed by atoms with E-state index in [1.807, 2.05) is 0 Å². The largest absolute Gasteiger partial charge is 0.491 e. The maximum absolute atomic E-state index is 13.3. The van der Waals surface area contributed by atoms with Gasteiger partial charge in [-0.3, -0.25) is 0 Å².